The SMILES string of the molecule is Cc1ccccc1N1[C]C(c2ccccc2)(c2ccccc2)CC1(C)C. The third kappa shape index (κ3) is 2.72. The lowest BCUT2D eigenvalue weighted by atomic mass is 9.71. The van der Waals surface area contributed by atoms with E-state index in [1.807, 2.05) is 0 Å². The van der Waals surface area contributed by atoms with E-state index < -0.39 is 0 Å². The van der Waals surface area contributed by atoms with Gasteiger partial charge in [-0.15, -0.1) is 0 Å². The highest BCUT2D eigenvalue weighted by Crippen LogP contribution is 2.52. The zero-order valence-corrected chi connectivity index (χ0v) is 15.7. The van der Waals surface area contributed by atoms with Crippen molar-refractivity contribution in [1.29, 1.82) is 0 Å². The Morgan fingerprint density at radius 1 is 0.731 bits per heavy atom. The van der Waals surface area contributed by atoms with Crippen molar-refractivity contribution in [3.8, 4) is 0 Å². The molecule has 0 unspecified atom stereocenters. The van der Waals surface area contributed by atoms with Gasteiger partial charge in [-0.1, -0.05) is 78.9 Å². The van der Waals surface area contributed by atoms with Gasteiger partial charge in [-0.25, -0.2) is 0 Å². The summed E-state index contributed by atoms with van der Waals surface area (Å²) in [5.41, 5.74) is 4.86. The van der Waals surface area contributed by atoms with Crippen molar-refractivity contribution in [3.05, 3.63) is 108 Å². The molecule has 130 valence electrons. The van der Waals surface area contributed by atoms with Gasteiger partial charge in [-0.3, -0.25) is 0 Å². The molecule has 26 heavy (non-hydrogen) atoms. The normalized spacial score (nSPS) is 18.0. The van der Waals surface area contributed by atoms with E-state index in [1.54, 1.807) is 0 Å². The minimum Gasteiger partial charge on any atom is -0.354 e. The van der Waals surface area contributed by atoms with Crippen molar-refractivity contribution >= 4 is 5.69 Å². The Morgan fingerprint density at radius 3 is 1.77 bits per heavy atom. The molecular weight excluding hydrogens is 314 g/mol. The topological polar surface area (TPSA) is 3.24 Å². The van der Waals surface area contributed by atoms with Crippen LogP contribution in [0.2, 0.25) is 0 Å². The van der Waals surface area contributed by atoms with E-state index in [0.717, 1.165) is 6.42 Å². The van der Waals surface area contributed by atoms with Crippen molar-refractivity contribution in [3.63, 3.8) is 0 Å². The van der Waals surface area contributed by atoms with Gasteiger partial charge in [0.05, 0.1) is 5.41 Å². The molecule has 0 aromatic heterocycles. The van der Waals surface area contributed by atoms with E-state index in [4.69, 9.17) is 0 Å². The van der Waals surface area contributed by atoms with E-state index in [-0.39, 0.29) is 11.0 Å². The van der Waals surface area contributed by atoms with Gasteiger partial charge in [-0.2, -0.15) is 0 Å². The molecule has 2 radical (unpaired) electrons. The molecule has 1 fully saturated rings. The van der Waals surface area contributed by atoms with Gasteiger partial charge in [0.25, 0.3) is 0 Å². The minimum atomic E-state index is -0.242. The summed E-state index contributed by atoms with van der Waals surface area (Å²) in [6, 6.07) is 30.2. The van der Waals surface area contributed by atoms with Crippen LogP contribution in [0.25, 0.3) is 0 Å². The summed E-state index contributed by atoms with van der Waals surface area (Å²) in [5.74, 6) is 0. The second kappa shape index (κ2) is 6.32. The molecule has 1 aliphatic rings. The lowest BCUT2D eigenvalue weighted by Gasteiger charge is -2.33. The molecule has 3 aromatic rings. The third-order valence-corrected chi connectivity index (χ3v) is 5.50. The summed E-state index contributed by atoms with van der Waals surface area (Å²) in [4.78, 5) is 2.36. The van der Waals surface area contributed by atoms with Gasteiger partial charge < -0.3 is 4.90 Å². The van der Waals surface area contributed by atoms with Crippen molar-refractivity contribution in [2.45, 2.75) is 38.1 Å². The quantitative estimate of drug-likeness (QED) is 0.565. The number of aryl methyl sites for hydroxylation is 1. The fourth-order valence-corrected chi connectivity index (χ4v) is 4.26. The summed E-state index contributed by atoms with van der Waals surface area (Å²) in [5, 5.41) is 0. The van der Waals surface area contributed by atoms with Crippen LogP contribution >= 0.6 is 0 Å². The zero-order chi connectivity index (χ0) is 18.2. The van der Waals surface area contributed by atoms with Gasteiger partial charge in [0.15, 0.2) is 0 Å². The number of para-hydroxylation sites is 1. The van der Waals surface area contributed by atoms with Crippen molar-refractivity contribution in [2.24, 2.45) is 0 Å². The Morgan fingerprint density at radius 2 is 1.23 bits per heavy atom. The smallest absolute Gasteiger partial charge is 0.108 e. The van der Waals surface area contributed by atoms with Crippen LogP contribution in [0.5, 0.6) is 0 Å². The fraction of sp³-hybridized carbons (Fsp3) is 0.240. The van der Waals surface area contributed by atoms with Crippen molar-refractivity contribution in [1.82, 2.24) is 0 Å². The highest BCUT2D eigenvalue weighted by atomic mass is 15.2. The van der Waals surface area contributed by atoms with E-state index in [1.165, 1.54) is 22.4 Å². The molecule has 1 heteroatoms. The Bertz CT molecular complexity index is 841. The Labute approximate surface area is 157 Å². The minimum absolute atomic E-state index is 0.0300. The van der Waals surface area contributed by atoms with Crippen molar-refractivity contribution in [2.75, 3.05) is 4.90 Å². The van der Waals surface area contributed by atoms with E-state index in [9.17, 15) is 0 Å². The number of anilines is 1. The molecule has 1 saturated heterocycles. The Hall–Kier alpha value is -2.54. The summed E-state index contributed by atoms with van der Waals surface area (Å²) in [6.45, 7) is 10.7. The maximum atomic E-state index is 3.92. The lowest BCUT2D eigenvalue weighted by Crippen LogP contribution is -2.36. The molecule has 1 heterocycles. The maximum absolute atomic E-state index is 3.92. The fourth-order valence-electron chi connectivity index (χ4n) is 4.26. The summed E-state index contributed by atoms with van der Waals surface area (Å²) in [6.07, 6.45) is 0.988. The predicted molar refractivity (Wildman–Crippen MR) is 109 cm³/mol. The molecule has 1 nitrogen and oxygen atoms in total. The monoisotopic (exact) mass is 339 g/mol. The molecule has 0 aliphatic carbocycles. The number of nitrogens with zero attached hydrogens (tertiary/aromatic N) is 1. The number of rotatable bonds is 3. The van der Waals surface area contributed by atoms with Crippen LogP contribution in [-0.4, -0.2) is 5.54 Å². The van der Waals surface area contributed by atoms with Gasteiger partial charge in [0.1, 0.15) is 6.54 Å². The molecule has 0 spiro atoms. The van der Waals surface area contributed by atoms with Crippen LogP contribution in [0, 0.1) is 13.5 Å². The average Bonchev–Trinajstić information content (AvgIpc) is 2.96. The largest absolute Gasteiger partial charge is 0.354 e. The highest BCUT2D eigenvalue weighted by Gasteiger charge is 2.51. The number of hydrogen-bond acceptors (Lipinski definition) is 1. The number of benzene rings is 3. The van der Waals surface area contributed by atoms with Gasteiger partial charge in [0.2, 0.25) is 0 Å². The zero-order valence-electron chi connectivity index (χ0n) is 15.7. The Balaban J connectivity index is 1.88. The molecule has 3 aromatic carbocycles. The second-order valence-corrected chi connectivity index (χ2v) is 7.86. The van der Waals surface area contributed by atoms with Crippen LogP contribution in [0.3, 0.4) is 0 Å². The first-order chi connectivity index (χ1) is 12.5. The molecule has 0 N–H and O–H groups in total. The molecular formula is C25H25N. The molecule has 0 saturated carbocycles. The van der Waals surface area contributed by atoms with E-state index in [0.29, 0.717) is 0 Å². The molecule has 0 bridgehead atoms. The predicted octanol–water partition coefficient (Wildman–Crippen LogP) is 6.01. The van der Waals surface area contributed by atoms with Crippen LogP contribution in [0.15, 0.2) is 84.9 Å². The lowest BCUT2D eigenvalue weighted by molar-refractivity contribution is 0.467. The average molecular weight is 339 g/mol. The standard InChI is InChI=1S/C25H25N/c1-20-12-10-11-17-23(20)26-19-25(18-24(26,2)3,21-13-6-4-7-14-21)22-15-8-5-9-16-22/h4-17H,18H2,1-3H3. The molecule has 4 rings (SSSR count). The molecule has 0 atom stereocenters. The van der Waals surface area contributed by atoms with Crippen LogP contribution in [0.1, 0.15) is 37.0 Å². The first kappa shape index (κ1) is 16.9. The van der Waals surface area contributed by atoms with Gasteiger partial charge in [0, 0.05) is 11.2 Å². The van der Waals surface area contributed by atoms with E-state index in [2.05, 4.69) is 117 Å². The highest BCUT2D eigenvalue weighted by molar-refractivity contribution is 5.63. The summed E-state index contributed by atoms with van der Waals surface area (Å²) in [7, 11) is 0. The van der Waals surface area contributed by atoms with Gasteiger partial charge >= 0.3 is 0 Å². The third-order valence-electron chi connectivity index (χ3n) is 5.50. The van der Waals surface area contributed by atoms with Crippen molar-refractivity contribution < 1.29 is 0 Å². The van der Waals surface area contributed by atoms with E-state index >= 15 is 0 Å². The molecule has 1 aliphatic heterocycles. The number of hydrogen-bond donors (Lipinski definition) is 0. The first-order valence-electron chi connectivity index (χ1n) is 9.28. The summed E-state index contributed by atoms with van der Waals surface area (Å²) >= 11 is 0. The summed E-state index contributed by atoms with van der Waals surface area (Å²) < 4.78 is 0. The Kier molecular flexibility index (Phi) is 4.11. The van der Waals surface area contributed by atoms with Gasteiger partial charge in [-0.05, 0) is 49.9 Å². The van der Waals surface area contributed by atoms with Crippen LogP contribution in [-0.2, 0) is 5.41 Å². The maximum Gasteiger partial charge on any atom is 0.108 e. The van der Waals surface area contributed by atoms with Crippen LogP contribution < -0.4 is 4.90 Å². The molecule has 0 amide bonds. The second-order valence-electron chi connectivity index (χ2n) is 7.86. The van der Waals surface area contributed by atoms with Crippen LogP contribution in [0.4, 0.5) is 5.69 Å². The first-order valence-corrected chi connectivity index (χ1v) is 9.28.